The predicted molar refractivity (Wildman–Crippen MR) is 111 cm³/mol. The third-order valence-electron chi connectivity index (χ3n) is 4.74. The van der Waals surface area contributed by atoms with Gasteiger partial charge in [0.2, 0.25) is 0 Å². The van der Waals surface area contributed by atoms with Crippen LogP contribution >= 0.6 is 0 Å². The minimum atomic E-state index is -0.0618. The lowest BCUT2D eigenvalue weighted by Gasteiger charge is -2.36. The summed E-state index contributed by atoms with van der Waals surface area (Å²) < 4.78 is 16.1. The Morgan fingerprint density at radius 2 is 1.79 bits per heavy atom. The molecule has 8 heteroatoms. The van der Waals surface area contributed by atoms with Crippen molar-refractivity contribution in [2.75, 3.05) is 53.5 Å². The molecular formula is C21H28N4O4. The van der Waals surface area contributed by atoms with Crippen molar-refractivity contribution in [2.24, 2.45) is 4.99 Å². The van der Waals surface area contributed by atoms with Crippen molar-refractivity contribution in [3.8, 4) is 11.5 Å². The number of hydrogen-bond donors (Lipinski definition) is 1. The van der Waals surface area contributed by atoms with Crippen LogP contribution in [0, 0.1) is 0 Å². The van der Waals surface area contributed by atoms with E-state index in [0.29, 0.717) is 25.5 Å². The Morgan fingerprint density at radius 1 is 1.10 bits per heavy atom. The summed E-state index contributed by atoms with van der Waals surface area (Å²) in [6.07, 6.45) is 2.37. The van der Waals surface area contributed by atoms with E-state index in [1.54, 1.807) is 26.3 Å². The fraction of sp³-hybridized carbons (Fsp3) is 0.429. The zero-order valence-corrected chi connectivity index (χ0v) is 17.0. The van der Waals surface area contributed by atoms with Gasteiger partial charge in [-0.1, -0.05) is 0 Å². The SMILES string of the molecule is CN=C(NCCCOc1ccc(OC)cc1)N1CCN(C(=O)c2ccco2)CC1. The Balaban J connectivity index is 1.35. The molecule has 0 spiro atoms. The third kappa shape index (κ3) is 5.66. The van der Waals surface area contributed by atoms with Gasteiger partial charge in [0.1, 0.15) is 11.5 Å². The summed E-state index contributed by atoms with van der Waals surface area (Å²) >= 11 is 0. The smallest absolute Gasteiger partial charge is 0.289 e. The van der Waals surface area contributed by atoms with Gasteiger partial charge in [-0.05, 0) is 42.8 Å². The number of carbonyl (C=O) groups excluding carboxylic acids is 1. The lowest BCUT2D eigenvalue weighted by molar-refractivity contribution is 0.0657. The van der Waals surface area contributed by atoms with Gasteiger partial charge in [0.15, 0.2) is 11.7 Å². The van der Waals surface area contributed by atoms with Crippen molar-refractivity contribution >= 4 is 11.9 Å². The molecule has 0 saturated carbocycles. The monoisotopic (exact) mass is 400 g/mol. The van der Waals surface area contributed by atoms with Gasteiger partial charge in [-0.25, -0.2) is 0 Å². The van der Waals surface area contributed by atoms with Gasteiger partial charge >= 0.3 is 0 Å². The molecule has 0 radical (unpaired) electrons. The first-order valence-corrected chi connectivity index (χ1v) is 9.76. The molecule has 0 unspecified atom stereocenters. The van der Waals surface area contributed by atoms with E-state index in [2.05, 4.69) is 15.2 Å². The van der Waals surface area contributed by atoms with E-state index in [-0.39, 0.29) is 5.91 Å². The lowest BCUT2D eigenvalue weighted by Crippen LogP contribution is -2.53. The van der Waals surface area contributed by atoms with Crippen LogP contribution in [-0.4, -0.2) is 75.2 Å². The Kier molecular flexibility index (Phi) is 7.38. The van der Waals surface area contributed by atoms with Crippen LogP contribution < -0.4 is 14.8 Å². The summed E-state index contributed by atoms with van der Waals surface area (Å²) in [6.45, 7) is 4.11. The number of hydrogen-bond acceptors (Lipinski definition) is 5. The zero-order valence-electron chi connectivity index (χ0n) is 17.0. The first-order valence-electron chi connectivity index (χ1n) is 9.76. The average Bonchev–Trinajstić information content (AvgIpc) is 3.31. The minimum absolute atomic E-state index is 0.0618. The highest BCUT2D eigenvalue weighted by atomic mass is 16.5. The van der Waals surface area contributed by atoms with Gasteiger partial charge in [-0.15, -0.1) is 0 Å². The number of guanidine groups is 1. The summed E-state index contributed by atoms with van der Waals surface area (Å²) in [5.41, 5.74) is 0. The number of piperazine rings is 1. The van der Waals surface area contributed by atoms with Crippen molar-refractivity contribution in [3.63, 3.8) is 0 Å². The molecule has 1 amide bonds. The number of rotatable bonds is 7. The Bertz CT molecular complexity index is 782. The molecule has 1 saturated heterocycles. The normalized spacial score (nSPS) is 14.6. The summed E-state index contributed by atoms with van der Waals surface area (Å²) in [7, 11) is 3.42. The summed E-state index contributed by atoms with van der Waals surface area (Å²) in [6, 6.07) is 11.0. The Hall–Kier alpha value is -3.16. The third-order valence-corrected chi connectivity index (χ3v) is 4.74. The topological polar surface area (TPSA) is 79.5 Å². The van der Waals surface area contributed by atoms with Crippen LogP contribution in [-0.2, 0) is 0 Å². The maximum Gasteiger partial charge on any atom is 0.289 e. The number of furan rings is 1. The highest BCUT2D eigenvalue weighted by Crippen LogP contribution is 2.17. The second-order valence-corrected chi connectivity index (χ2v) is 6.61. The van der Waals surface area contributed by atoms with E-state index in [9.17, 15) is 4.79 Å². The van der Waals surface area contributed by atoms with Crippen molar-refractivity contribution in [2.45, 2.75) is 6.42 Å². The van der Waals surface area contributed by atoms with E-state index in [1.165, 1.54) is 6.26 Å². The molecule has 1 N–H and O–H groups in total. The van der Waals surface area contributed by atoms with E-state index in [4.69, 9.17) is 13.9 Å². The number of amides is 1. The Morgan fingerprint density at radius 3 is 2.41 bits per heavy atom. The highest BCUT2D eigenvalue weighted by molar-refractivity contribution is 5.91. The van der Waals surface area contributed by atoms with Crippen LogP contribution in [0.4, 0.5) is 0 Å². The van der Waals surface area contributed by atoms with Crippen LogP contribution in [0.1, 0.15) is 17.0 Å². The minimum Gasteiger partial charge on any atom is -0.497 e. The molecule has 2 heterocycles. The molecular weight excluding hydrogens is 372 g/mol. The van der Waals surface area contributed by atoms with Gasteiger partial charge in [-0.3, -0.25) is 9.79 Å². The van der Waals surface area contributed by atoms with E-state index in [1.807, 2.05) is 29.2 Å². The van der Waals surface area contributed by atoms with Crippen LogP contribution in [0.2, 0.25) is 0 Å². The maximum absolute atomic E-state index is 12.4. The Labute approximate surface area is 171 Å². The van der Waals surface area contributed by atoms with Gasteiger partial charge in [-0.2, -0.15) is 0 Å². The second kappa shape index (κ2) is 10.4. The highest BCUT2D eigenvalue weighted by Gasteiger charge is 2.24. The summed E-state index contributed by atoms with van der Waals surface area (Å²) in [5, 5.41) is 3.37. The standard InChI is InChI=1S/C21H28N4O4/c1-22-21(23-10-4-16-28-18-8-6-17(27-2)7-9-18)25-13-11-24(12-14-25)20(26)19-5-3-15-29-19/h3,5-9,15H,4,10-14,16H2,1-2H3,(H,22,23). The average molecular weight is 400 g/mol. The molecule has 1 aliphatic heterocycles. The first-order chi connectivity index (χ1) is 14.2. The molecule has 0 atom stereocenters. The number of methoxy groups -OCH3 is 1. The van der Waals surface area contributed by atoms with Crippen LogP contribution in [0.25, 0.3) is 0 Å². The van der Waals surface area contributed by atoms with Crippen LogP contribution in [0.5, 0.6) is 11.5 Å². The maximum atomic E-state index is 12.4. The predicted octanol–water partition coefficient (Wildman–Crippen LogP) is 2.09. The second-order valence-electron chi connectivity index (χ2n) is 6.61. The lowest BCUT2D eigenvalue weighted by atomic mass is 10.3. The van der Waals surface area contributed by atoms with Crippen molar-refractivity contribution in [1.82, 2.24) is 15.1 Å². The van der Waals surface area contributed by atoms with Crippen molar-refractivity contribution < 1.29 is 18.7 Å². The molecule has 156 valence electrons. The van der Waals surface area contributed by atoms with Gasteiger partial charge in [0.05, 0.1) is 20.0 Å². The van der Waals surface area contributed by atoms with Gasteiger partial charge in [0.25, 0.3) is 5.91 Å². The fourth-order valence-corrected chi connectivity index (χ4v) is 3.14. The van der Waals surface area contributed by atoms with E-state index in [0.717, 1.165) is 43.5 Å². The van der Waals surface area contributed by atoms with Gasteiger partial charge in [0, 0.05) is 39.8 Å². The summed E-state index contributed by atoms with van der Waals surface area (Å²) in [4.78, 5) is 20.7. The molecule has 1 aromatic heterocycles. The molecule has 8 nitrogen and oxygen atoms in total. The molecule has 0 bridgehead atoms. The summed E-state index contributed by atoms with van der Waals surface area (Å²) in [5.74, 6) is 2.81. The van der Waals surface area contributed by atoms with Crippen molar-refractivity contribution in [3.05, 3.63) is 48.4 Å². The van der Waals surface area contributed by atoms with Crippen molar-refractivity contribution in [1.29, 1.82) is 0 Å². The van der Waals surface area contributed by atoms with Crippen LogP contribution in [0.15, 0.2) is 52.1 Å². The number of nitrogens with zero attached hydrogens (tertiary/aromatic N) is 3. The van der Waals surface area contributed by atoms with E-state index < -0.39 is 0 Å². The van der Waals surface area contributed by atoms with E-state index >= 15 is 0 Å². The number of nitrogens with one attached hydrogen (secondary N) is 1. The molecule has 3 rings (SSSR count). The molecule has 2 aromatic rings. The molecule has 1 aliphatic rings. The molecule has 0 aliphatic carbocycles. The van der Waals surface area contributed by atoms with Gasteiger partial charge < -0.3 is 29.0 Å². The first kappa shape index (κ1) is 20.6. The zero-order chi connectivity index (χ0) is 20.5. The fourth-order valence-electron chi connectivity index (χ4n) is 3.14. The number of carbonyl (C=O) groups is 1. The molecule has 29 heavy (non-hydrogen) atoms. The molecule has 1 aromatic carbocycles. The van der Waals surface area contributed by atoms with Crippen LogP contribution in [0.3, 0.4) is 0 Å². The largest absolute Gasteiger partial charge is 0.497 e. The quantitative estimate of drug-likeness (QED) is 0.436. The number of ether oxygens (including phenoxy) is 2. The number of aliphatic imine (C=N–C) groups is 1. The number of benzene rings is 1. The molecule has 1 fully saturated rings.